The van der Waals surface area contributed by atoms with E-state index in [2.05, 4.69) is 13.8 Å². The van der Waals surface area contributed by atoms with Gasteiger partial charge in [0, 0.05) is 0 Å². The summed E-state index contributed by atoms with van der Waals surface area (Å²) in [6, 6.07) is 0. The molecular formula is C26H54O8. The van der Waals surface area contributed by atoms with Crippen LogP contribution in [0.25, 0.3) is 0 Å². The van der Waals surface area contributed by atoms with Crippen molar-refractivity contribution in [3.05, 3.63) is 0 Å². The van der Waals surface area contributed by atoms with E-state index in [1.807, 2.05) is 13.8 Å². The number of aliphatic carboxylic acids is 2. The summed E-state index contributed by atoms with van der Waals surface area (Å²) < 4.78 is 9.75. The number of carbonyl (C=O) groups is 2. The van der Waals surface area contributed by atoms with Crippen molar-refractivity contribution in [1.29, 1.82) is 0 Å². The first-order chi connectivity index (χ1) is 16.4. The van der Waals surface area contributed by atoms with Gasteiger partial charge in [0.15, 0.2) is 0 Å². The van der Waals surface area contributed by atoms with E-state index in [4.69, 9.17) is 29.9 Å². The Labute approximate surface area is 208 Å². The molecule has 0 saturated heterocycles. The normalized spacial score (nSPS) is 12.1. The molecule has 0 aliphatic rings. The third-order valence-electron chi connectivity index (χ3n) is 5.13. The molecule has 0 saturated carbocycles. The molecule has 8 heteroatoms. The van der Waals surface area contributed by atoms with E-state index in [0.29, 0.717) is 26.4 Å². The van der Waals surface area contributed by atoms with Crippen LogP contribution in [0, 0.1) is 11.8 Å². The van der Waals surface area contributed by atoms with Gasteiger partial charge < -0.3 is 29.9 Å². The lowest BCUT2D eigenvalue weighted by atomic mass is 9.97. The number of aliphatic hydroxyl groups excluding tert-OH is 2. The van der Waals surface area contributed by atoms with Gasteiger partial charge in [-0.05, 0) is 25.7 Å². The van der Waals surface area contributed by atoms with Gasteiger partial charge in [-0.3, -0.25) is 9.59 Å². The van der Waals surface area contributed by atoms with Crippen LogP contribution in [-0.2, 0) is 19.1 Å². The quantitative estimate of drug-likeness (QED) is 0.161. The summed E-state index contributed by atoms with van der Waals surface area (Å²) in [6.45, 7) is 10.1. The largest absolute Gasteiger partial charge is 0.481 e. The summed E-state index contributed by atoms with van der Waals surface area (Å²) in [5, 5.41) is 34.1. The molecule has 4 N–H and O–H groups in total. The van der Waals surface area contributed by atoms with E-state index in [1.165, 1.54) is 12.8 Å². The molecule has 0 amide bonds. The second-order valence-corrected chi connectivity index (χ2v) is 8.31. The number of carboxylic acid groups (broad SMARTS) is 2. The molecule has 2 unspecified atom stereocenters. The highest BCUT2D eigenvalue weighted by Crippen LogP contribution is 2.16. The lowest BCUT2D eigenvalue weighted by molar-refractivity contribution is -0.143. The highest BCUT2D eigenvalue weighted by atomic mass is 16.5. The van der Waals surface area contributed by atoms with Crippen LogP contribution < -0.4 is 0 Å². The second kappa shape index (κ2) is 31.8. The molecule has 0 aromatic carbocycles. The Hall–Kier alpha value is -1.22. The Morgan fingerprint density at radius 2 is 0.912 bits per heavy atom. The van der Waals surface area contributed by atoms with Gasteiger partial charge >= 0.3 is 11.9 Å². The van der Waals surface area contributed by atoms with E-state index in [0.717, 1.165) is 64.2 Å². The molecule has 0 aliphatic carbocycles. The minimum absolute atomic E-state index is 0.0417. The Balaban J connectivity index is -0.000000426. The summed E-state index contributed by atoms with van der Waals surface area (Å²) >= 11 is 0. The summed E-state index contributed by atoms with van der Waals surface area (Å²) in [5.41, 5.74) is 0. The van der Waals surface area contributed by atoms with Crippen LogP contribution in [0.4, 0.5) is 0 Å². The summed E-state index contributed by atoms with van der Waals surface area (Å²) in [5.74, 6) is -1.43. The third kappa shape index (κ3) is 30.8. The number of hydrogen-bond donors (Lipinski definition) is 4. The average Bonchev–Trinajstić information content (AvgIpc) is 2.81. The van der Waals surface area contributed by atoms with Crippen LogP contribution in [-0.4, -0.2) is 72.0 Å². The molecular weight excluding hydrogens is 440 g/mol. The fourth-order valence-electron chi connectivity index (χ4n) is 3.21. The van der Waals surface area contributed by atoms with Gasteiger partial charge in [0.1, 0.15) is 0 Å². The summed E-state index contributed by atoms with van der Waals surface area (Å²) in [7, 11) is 0. The Kier molecular flexibility index (Phi) is 34.9. The molecule has 0 aliphatic heterocycles. The molecule has 206 valence electrons. The smallest absolute Gasteiger partial charge is 0.306 e. The zero-order chi connectivity index (χ0) is 26.5. The first kappa shape index (κ1) is 37.3. The van der Waals surface area contributed by atoms with Crippen molar-refractivity contribution >= 4 is 11.9 Å². The van der Waals surface area contributed by atoms with Gasteiger partial charge in [0.2, 0.25) is 0 Å². The Morgan fingerprint density at radius 3 is 1.15 bits per heavy atom. The Morgan fingerprint density at radius 1 is 0.559 bits per heavy atom. The van der Waals surface area contributed by atoms with Crippen LogP contribution in [0.15, 0.2) is 0 Å². The monoisotopic (exact) mass is 494 g/mol. The molecule has 0 aromatic rings. The maximum absolute atomic E-state index is 10.7. The van der Waals surface area contributed by atoms with Gasteiger partial charge in [0.05, 0.1) is 51.5 Å². The minimum atomic E-state index is -0.618. The van der Waals surface area contributed by atoms with Crippen molar-refractivity contribution in [1.82, 2.24) is 0 Å². The lowest BCUT2D eigenvalue weighted by Crippen LogP contribution is -2.13. The fraction of sp³-hybridized carbons (Fsp3) is 0.923. The second-order valence-electron chi connectivity index (χ2n) is 8.31. The fourth-order valence-corrected chi connectivity index (χ4v) is 3.21. The zero-order valence-electron chi connectivity index (χ0n) is 22.3. The molecule has 8 nitrogen and oxygen atoms in total. The zero-order valence-corrected chi connectivity index (χ0v) is 22.3. The standard InChI is InChI=1S/2C10H20O2.C6H14O4/c2*1-3-5-6-8-9(7-4-2)10(11)12;7-1-3-9-5-6-10-4-2-8/h2*9H,3-8H2,1-2H3,(H,11,12);7-8H,1-6H2. The summed E-state index contributed by atoms with van der Waals surface area (Å²) in [4.78, 5) is 21.4. The predicted molar refractivity (Wildman–Crippen MR) is 136 cm³/mol. The van der Waals surface area contributed by atoms with E-state index in [1.54, 1.807) is 0 Å². The van der Waals surface area contributed by atoms with Crippen molar-refractivity contribution in [3.8, 4) is 0 Å². The van der Waals surface area contributed by atoms with Crippen molar-refractivity contribution in [3.63, 3.8) is 0 Å². The molecule has 2 atom stereocenters. The maximum atomic E-state index is 10.7. The van der Waals surface area contributed by atoms with E-state index < -0.39 is 11.9 Å². The molecule has 0 spiro atoms. The third-order valence-corrected chi connectivity index (χ3v) is 5.13. The minimum Gasteiger partial charge on any atom is -0.481 e. The van der Waals surface area contributed by atoms with E-state index >= 15 is 0 Å². The SMILES string of the molecule is CCCCCC(CCC)C(=O)O.CCCCCC(CCC)C(=O)O.OCCOCCOCCO. The van der Waals surface area contributed by atoms with E-state index in [-0.39, 0.29) is 25.0 Å². The lowest BCUT2D eigenvalue weighted by Gasteiger charge is -2.09. The van der Waals surface area contributed by atoms with Crippen molar-refractivity contribution < 1.29 is 39.5 Å². The average molecular weight is 495 g/mol. The van der Waals surface area contributed by atoms with Crippen molar-refractivity contribution in [2.45, 2.75) is 105 Å². The first-order valence-corrected chi connectivity index (χ1v) is 13.2. The predicted octanol–water partition coefficient (Wildman–Crippen LogP) is 5.14. The number of carboxylic acids is 2. The molecule has 0 rings (SSSR count). The van der Waals surface area contributed by atoms with Crippen LogP contribution in [0.2, 0.25) is 0 Å². The number of unbranched alkanes of at least 4 members (excludes halogenated alkanes) is 4. The molecule has 0 bridgehead atoms. The topological polar surface area (TPSA) is 134 Å². The molecule has 0 radical (unpaired) electrons. The van der Waals surface area contributed by atoms with Crippen molar-refractivity contribution in [2.75, 3.05) is 39.6 Å². The van der Waals surface area contributed by atoms with Crippen LogP contribution in [0.3, 0.4) is 0 Å². The first-order valence-electron chi connectivity index (χ1n) is 13.2. The summed E-state index contributed by atoms with van der Waals surface area (Å²) in [6.07, 6.45) is 12.1. The van der Waals surface area contributed by atoms with Crippen molar-refractivity contribution in [2.24, 2.45) is 11.8 Å². The van der Waals surface area contributed by atoms with Gasteiger partial charge in [-0.2, -0.15) is 0 Å². The number of ether oxygens (including phenoxy) is 2. The van der Waals surface area contributed by atoms with Crippen LogP contribution in [0.1, 0.15) is 105 Å². The van der Waals surface area contributed by atoms with Gasteiger partial charge in [-0.25, -0.2) is 0 Å². The number of rotatable bonds is 21. The molecule has 34 heavy (non-hydrogen) atoms. The molecule has 0 aromatic heterocycles. The van der Waals surface area contributed by atoms with E-state index in [9.17, 15) is 9.59 Å². The molecule has 0 fully saturated rings. The number of aliphatic hydroxyl groups is 2. The van der Waals surface area contributed by atoms with Gasteiger partial charge in [-0.1, -0.05) is 79.1 Å². The van der Waals surface area contributed by atoms with Crippen LogP contribution in [0.5, 0.6) is 0 Å². The van der Waals surface area contributed by atoms with Gasteiger partial charge in [0.25, 0.3) is 0 Å². The van der Waals surface area contributed by atoms with Gasteiger partial charge in [-0.15, -0.1) is 0 Å². The highest BCUT2D eigenvalue weighted by molar-refractivity contribution is 5.70. The van der Waals surface area contributed by atoms with Crippen LogP contribution >= 0.6 is 0 Å². The maximum Gasteiger partial charge on any atom is 0.306 e. The number of hydrogen-bond acceptors (Lipinski definition) is 6. The molecule has 0 heterocycles. The Bertz CT molecular complexity index is 380. The highest BCUT2D eigenvalue weighted by Gasteiger charge is 2.15.